The van der Waals surface area contributed by atoms with Crippen molar-refractivity contribution in [1.82, 2.24) is 14.8 Å². The maximum atomic E-state index is 12.4. The van der Waals surface area contributed by atoms with Gasteiger partial charge in [0.2, 0.25) is 0 Å². The van der Waals surface area contributed by atoms with Crippen LogP contribution in [0, 0.1) is 6.92 Å². The van der Waals surface area contributed by atoms with E-state index >= 15 is 0 Å². The Morgan fingerprint density at radius 3 is 2.61 bits per heavy atom. The van der Waals surface area contributed by atoms with E-state index in [1.807, 2.05) is 0 Å². The van der Waals surface area contributed by atoms with Crippen molar-refractivity contribution in [3.05, 3.63) is 41.3 Å². The SMILES string of the molecule is Cc1cc(CCl)cc(-n2cc(C(F)(F)F)cn2)n1. The Hall–Kier alpha value is -1.56. The van der Waals surface area contributed by atoms with Gasteiger partial charge in [0.25, 0.3) is 0 Å². The molecule has 2 heterocycles. The minimum absolute atomic E-state index is 0.268. The molecule has 0 aliphatic carbocycles. The van der Waals surface area contributed by atoms with E-state index in [9.17, 15) is 13.2 Å². The van der Waals surface area contributed by atoms with Crippen LogP contribution in [-0.4, -0.2) is 14.8 Å². The molecule has 2 rings (SSSR count). The molecule has 0 aliphatic rings. The molecular formula is C11H9ClF3N3. The van der Waals surface area contributed by atoms with Crippen LogP contribution < -0.4 is 0 Å². The maximum Gasteiger partial charge on any atom is 0.419 e. The Morgan fingerprint density at radius 1 is 1.33 bits per heavy atom. The Balaban J connectivity index is 2.43. The number of halogens is 4. The average molecular weight is 276 g/mol. The highest BCUT2D eigenvalue weighted by Gasteiger charge is 2.32. The summed E-state index contributed by atoms with van der Waals surface area (Å²) in [5.41, 5.74) is 0.647. The molecule has 7 heteroatoms. The van der Waals surface area contributed by atoms with Crippen molar-refractivity contribution < 1.29 is 13.2 Å². The predicted molar refractivity (Wildman–Crippen MR) is 60.7 cm³/mol. The lowest BCUT2D eigenvalue weighted by Crippen LogP contribution is -2.04. The molecule has 0 saturated carbocycles. The molecule has 2 aromatic rings. The van der Waals surface area contributed by atoms with Crippen LogP contribution in [0.5, 0.6) is 0 Å². The average Bonchev–Trinajstić information content (AvgIpc) is 2.77. The second kappa shape index (κ2) is 4.61. The molecule has 0 N–H and O–H groups in total. The minimum Gasteiger partial charge on any atom is -0.234 e. The Labute approximate surface area is 106 Å². The van der Waals surface area contributed by atoms with E-state index in [0.29, 0.717) is 11.5 Å². The molecular weight excluding hydrogens is 267 g/mol. The molecule has 0 aliphatic heterocycles. The van der Waals surface area contributed by atoms with E-state index in [1.54, 1.807) is 19.1 Å². The molecule has 0 atom stereocenters. The van der Waals surface area contributed by atoms with Gasteiger partial charge < -0.3 is 0 Å². The van der Waals surface area contributed by atoms with E-state index in [2.05, 4.69) is 10.1 Å². The van der Waals surface area contributed by atoms with E-state index in [0.717, 1.165) is 22.6 Å². The summed E-state index contributed by atoms with van der Waals surface area (Å²) in [5, 5.41) is 3.66. The largest absolute Gasteiger partial charge is 0.419 e. The van der Waals surface area contributed by atoms with Gasteiger partial charge in [-0.25, -0.2) is 9.67 Å². The number of pyridine rings is 1. The third kappa shape index (κ3) is 2.64. The van der Waals surface area contributed by atoms with Gasteiger partial charge in [-0.05, 0) is 24.6 Å². The predicted octanol–water partition coefficient (Wildman–Crippen LogP) is 3.33. The van der Waals surface area contributed by atoms with Gasteiger partial charge in [0.1, 0.15) is 0 Å². The molecule has 3 nitrogen and oxygen atoms in total. The van der Waals surface area contributed by atoms with Crippen molar-refractivity contribution in [3.63, 3.8) is 0 Å². The van der Waals surface area contributed by atoms with E-state index in [-0.39, 0.29) is 5.88 Å². The summed E-state index contributed by atoms with van der Waals surface area (Å²) in [4.78, 5) is 4.12. The van der Waals surface area contributed by atoms with Gasteiger partial charge in [-0.3, -0.25) is 0 Å². The first-order chi connectivity index (χ1) is 8.40. The van der Waals surface area contributed by atoms with Gasteiger partial charge in [0, 0.05) is 17.8 Å². The molecule has 0 radical (unpaired) electrons. The van der Waals surface area contributed by atoms with Crippen LogP contribution in [0.15, 0.2) is 24.5 Å². The summed E-state index contributed by atoms with van der Waals surface area (Å²) in [6, 6.07) is 3.37. The molecule has 0 saturated heterocycles. The van der Waals surface area contributed by atoms with Crippen molar-refractivity contribution in [1.29, 1.82) is 0 Å². The van der Waals surface area contributed by atoms with Gasteiger partial charge in [0.05, 0.1) is 11.8 Å². The Kier molecular flexibility index (Phi) is 3.30. The number of aromatic nitrogens is 3. The monoisotopic (exact) mass is 275 g/mol. The Bertz CT molecular complexity index is 563. The number of alkyl halides is 4. The first kappa shape index (κ1) is 12.9. The number of aryl methyl sites for hydroxylation is 1. The van der Waals surface area contributed by atoms with Crippen molar-refractivity contribution in [2.45, 2.75) is 19.0 Å². The first-order valence-corrected chi connectivity index (χ1v) is 5.59. The van der Waals surface area contributed by atoms with Crippen molar-refractivity contribution in [2.24, 2.45) is 0 Å². The van der Waals surface area contributed by atoms with Crippen LogP contribution in [-0.2, 0) is 12.1 Å². The lowest BCUT2D eigenvalue weighted by molar-refractivity contribution is -0.137. The quantitative estimate of drug-likeness (QED) is 0.787. The second-order valence-electron chi connectivity index (χ2n) is 3.78. The number of hydrogen-bond acceptors (Lipinski definition) is 2. The van der Waals surface area contributed by atoms with Gasteiger partial charge in [-0.2, -0.15) is 18.3 Å². The summed E-state index contributed by atoms with van der Waals surface area (Å²) in [6.45, 7) is 1.74. The summed E-state index contributed by atoms with van der Waals surface area (Å²) in [7, 11) is 0. The van der Waals surface area contributed by atoms with Crippen LogP contribution >= 0.6 is 11.6 Å². The molecule has 0 fully saturated rings. The zero-order valence-electron chi connectivity index (χ0n) is 9.37. The van der Waals surface area contributed by atoms with Gasteiger partial charge >= 0.3 is 6.18 Å². The van der Waals surface area contributed by atoms with Gasteiger partial charge in [0.15, 0.2) is 5.82 Å². The second-order valence-corrected chi connectivity index (χ2v) is 4.05. The lowest BCUT2D eigenvalue weighted by Gasteiger charge is -2.05. The van der Waals surface area contributed by atoms with Crippen LogP contribution in [0.2, 0.25) is 0 Å². The third-order valence-corrected chi connectivity index (χ3v) is 2.61. The van der Waals surface area contributed by atoms with E-state index in [4.69, 9.17) is 11.6 Å². The first-order valence-electron chi connectivity index (χ1n) is 5.06. The molecule has 2 aromatic heterocycles. The van der Waals surface area contributed by atoms with Crippen molar-refractivity contribution in [2.75, 3.05) is 0 Å². The lowest BCUT2D eigenvalue weighted by atomic mass is 10.2. The molecule has 0 amide bonds. The van der Waals surface area contributed by atoms with E-state index in [1.165, 1.54) is 0 Å². The molecule has 18 heavy (non-hydrogen) atoms. The van der Waals surface area contributed by atoms with Crippen molar-refractivity contribution in [3.8, 4) is 5.82 Å². The number of hydrogen-bond donors (Lipinski definition) is 0. The maximum absolute atomic E-state index is 12.4. The van der Waals surface area contributed by atoms with Gasteiger partial charge in [-0.1, -0.05) is 0 Å². The zero-order chi connectivity index (χ0) is 13.3. The summed E-state index contributed by atoms with van der Waals surface area (Å²) in [5.74, 6) is 0.588. The van der Waals surface area contributed by atoms with Crippen LogP contribution in [0.25, 0.3) is 5.82 Å². The highest BCUT2D eigenvalue weighted by Crippen LogP contribution is 2.29. The smallest absolute Gasteiger partial charge is 0.234 e. The minimum atomic E-state index is -4.41. The summed E-state index contributed by atoms with van der Waals surface area (Å²) < 4.78 is 38.4. The fourth-order valence-electron chi connectivity index (χ4n) is 1.51. The highest BCUT2D eigenvalue weighted by molar-refractivity contribution is 6.17. The molecule has 0 unspecified atom stereocenters. The topological polar surface area (TPSA) is 30.7 Å². The number of rotatable bonds is 2. The fourth-order valence-corrected chi connectivity index (χ4v) is 1.66. The standard InChI is InChI=1S/C11H9ClF3N3/c1-7-2-8(4-12)3-10(17-7)18-6-9(5-16-18)11(13,14)15/h2-3,5-6H,4H2,1H3. The summed E-state index contributed by atoms with van der Waals surface area (Å²) >= 11 is 5.70. The van der Waals surface area contributed by atoms with E-state index < -0.39 is 11.7 Å². The molecule has 0 spiro atoms. The molecule has 96 valence electrons. The third-order valence-electron chi connectivity index (χ3n) is 2.30. The zero-order valence-corrected chi connectivity index (χ0v) is 10.1. The fraction of sp³-hybridized carbons (Fsp3) is 0.273. The van der Waals surface area contributed by atoms with Crippen LogP contribution in [0.4, 0.5) is 13.2 Å². The van der Waals surface area contributed by atoms with Crippen LogP contribution in [0.1, 0.15) is 16.8 Å². The highest BCUT2D eigenvalue weighted by atomic mass is 35.5. The Morgan fingerprint density at radius 2 is 2.06 bits per heavy atom. The molecule has 0 aromatic carbocycles. The summed E-state index contributed by atoms with van der Waals surface area (Å²) in [6.07, 6.45) is -2.73. The number of nitrogens with zero attached hydrogens (tertiary/aromatic N) is 3. The normalized spacial score (nSPS) is 11.8. The van der Waals surface area contributed by atoms with Crippen molar-refractivity contribution >= 4 is 11.6 Å². The van der Waals surface area contributed by atoms with Gasteiger partial charge in [-0.15, -0.1) is 11.6 Å². The van der Waals surface area contributed by atoms with Crippen LogP contribution in [0.3, 0.4) is 0 Å². The molecule has 0 bridgehead atoms.